The van der Waals surface area contributed by atoms with Gasteiger partial charge in [-0.15, -0.1) is 0 Å². The smallest absolute Gasteiger partial charge is 0.262 e. The molecule has 21 heavy (non-hydrogen) atoms. The van der Waals surface area contributed by atoms with Gasteiger partial charge in [-0.1, -0.05) is 12.1 Å². The molecular weight excluding hydrogens is 271 g/mol. The zero-order valence-corrected chi connectivity index (χ0v) is 12.2. The van der Waals surface area contributed by atoms with E-state index in [1.54, 1.807) is 19.1 Å². The second-order valence-corrected chi connectivity index (χ2v) is 4.74. The Bertz CT molecular complexity index is 699. The molecule has 1 amide bonds. The minimum Gasteiger partial charge on any atom is -0.496 e. The van der Waals surface area contributed by atoms with Crippen LogP contribution in [0.1, 0.15) is 21.5 Å². The summed E-state index contributed by atoms with van der Waals surface area (Å²) in [6.45, 7) is 3.65. The fourth-order valence-electron chi connectivity index (χ4n) is 2.13. The van der Waals surface area contributed by atoms with Crippen LogP contribution in [0.5, 0.6) is 5.75 Å². The lowest BCUT2D eigenvalue weighted by Crippen LogP contribution is -2.17. The summed E-state index contributed by atoms with van der Waals surface area (Å²) in [5.41, 5.74) is 8.47. The second kappa shape index (κ2) is 5.83. The molecule has 3 N–H and O–H groups in total. The number of carbonyl (C=O) groups excluding carboxylic acids is 1. The lowest BCUT2D eigenvalue weighted by molar-refractivity contribution is 0.102. The van der Waals surface area contributed by atoms with E-state index in [2.05, 4.69) is 5.32 Å². The van der Waals surface area contributed by atoms with E-state index < -0.39 is 11.7 Å². The molecule has 0 unspecified atom stereocenters. The molecule has 5 heteroatoms. The molecule has 2 aromatic carbocycles. The standard InChI is InChI=1S/C16H17FN2O2/c1-9-7-8-12(18)10(2)15(9)19-16(20)14-11(17)5-4-6-13(14)21-3/h4-8H,18H2,1-3H3,(H,19,20). The summed E-state index contributed by atoms with van der Waals surface area (Å²) in [7, 11) is 1.39. The summed E-state index contributed by atoms with van der Waals surface area (Å²) in [4.78, 5) is 12.4. The third-order valence-electron chi connectivity index (χ3n) is 3.38. The van der Waals surface area contributed by atoms with Gasteiger partial charge in [0.1, 0.15) is 17.1 Å². The predicted octanol–water partition coefficient (Wildman–Crippen LogP) is 3.29. The van der Waals surface area contributed by atoms with Gasteiger partial charge in [-0.2, -0.15) is 0 Å². The van der Waals surface area contributed by atoms with E-state index in [1.165, 1.54) is 25.3 Å². The van der Waals surface area contributed by atoms with Crippen LogP contribution in [0.4, 0.5) is 15.8 Å². The first-order valence-electron chi connectivity index (χ1n) is 6.45. The number of aryl methyl sites for hydroxylation is 1. The molecular formula is C16H17FN2O2. The van der Waals surface area contributed by atoms with Gasteiger partial charge in [0.15, 0.2) is 0 Å². The zero-order valence-electron chi connectivity index (χ0n) is 12.2. The first-order chi connectivity index (χ1) is 9.95. The van der Waals surface area contributed by atoms with E-state index in [4.69, 9.17) is 10.5 Å². The SMILES string of the molecule is COc1cccc(F)c1C(=O)Nc1c(C)ccc(N)c1C. The first kappa shape index (κ1) is 14.8. The van der Waals surface area contributed by atoms with Gasteiger partial charge in [0, 0.05) is 11.4 Å². The number of hydrogen-bond donors (Lipinski definition) is 2. The van der Waals surface area contributed by atoms with Crippen molar-refractivity contribution in [2.45, 2.75) is 13.8 Å². The Labute approximate surface area is 122 Å². The van der Waals surface area contributed by atoms with Crippen molar-refractivity contribution in [2.24, 2.45) is 0 Å². The molecule has 2 aromatic rings. The molecule has 0 aliphatic carbocycles. The van der Waals surface area contributed by atoms with Gasteiger partial charge in [0.05, 0.1) is 7.11 Å². The van der Waals surface area contributed by atoms with Crippen LogP contribution < -0.4 is 15.8 Å². The fraction of sp³-hybridized carbons (Fsp3) is 0.188. The van der Waals surface area contributed by atoms with Crippen molar-refractivity contribution in [3.8, 4) is 5.75 Å². The number of rotatable bonds is 3. The fourth-order valence-corrected chi connectivity index (χ4v) is 2.13. The maximum Gasteiger partial charge on any atom is 0.262 e. The highest BCUT2D eigenvalue weighted by molar-refractivity contribution is 6.07. The minimum atomic E-state index is -0.633. The molecule has 0 radical (unpaired) electrons. The van der Waals surface area contributed by atoms with Crippen LogP contribution in [0.15, 0.2) is 30.3 Å². The Morgan fingerprint density at radius 2 is 1.95 bits per heavy atom. The molecule has 0 atom stereocenters. The van der Waals surface area contributed by atoms with Gasteiger partial charge in [0.2, 0.25) is 0 Å². The molecule has 0 aliphatic rings. The van der Waals surface area contributed by atoms with Crippen LogP contribution in [0.2, 0.25) is 0 Å². The largest absolute Gasteiger partial charge is 0.496 e. The molecule has 0 fully saturated rings. The number of nitrogens with two attached hydrogens (primary N) is 1. The molecule has 0 saturated carbocycles. The third-order valence-corrected chi connectivity index (χ3v) is 3.38. The Morgan fingerprint density at radius 3 is 2.62 bits per heavy atom. The number of benzene rings is 2. The molecule has 0 spiro atoms. The van der Waals surface area contributed by atoms with E-state index in [0.717, 1.165) is 11.1 Å². The van der Waals surface area contributed by atoms with Gasteiger partial charge in [-0.3, -0.25) is 4.79 Å². The highest BCUT2D eigenvalue weighted by Gasteiger charge is 2.19. The topological polar surface area (TPSA) is 64.3 Å². The van der Waals surface area contributed by atoms with Gasteiger partial charge in [-0.05, 0) is 43.2 Å². The van der Waals surface area contributed by atoms with Crippen molar-refractivity contribution in [1.29, 1.82) is 0 Å². The average Bonchev–Trinajstić information content (AvgIpc) is 2.47. The van der Waals surface area contributed by atoms with Crippen molar-refractivity contribution < 1.29 is 13.9 Å². The molecule has 4 nitrogen and oxygen atoms in total. The zero-order chi connectivity index (χ0) is 15.6. The highest BCUT2D eigenvalue weighted by Crippen LogP contribution is 2.28. The Balaban J connectivity index is 2.42. The van der Waals surface area contributed by atoms with E-state index in [0.29, 0.717) is 11.4 Å². The summed E-state index contributed by atoms with van der Waals surface area (Å²) < 4.78 is 18.9. The molecule has 0 heterocycles. The molecule has 0 saturated heterocycles. The Hall–Kier alpha value is -2.56. The number of methoxy groups -OCH3 is 1. The summed E-state index contributed by atoms with van der Waals surface area (Å²) in [6.07, 6.45) is 0. The van der Waals surface area contributed by atoms with Crippen LogP contribution in [-0.4, -0.2) is 13.0 Å². The number of anilines is 2. The van der Waals surface area contributed by atoms with Gasteiger partial charge in [0.25, 0.3) is 5.91 Å². The summed E-state index contributed by atoms with van der Waals surface area (Å²) in [5.74, 6) is -1.01. The van der Waals surface area contributed by atoms with Crippen molar-refractivity contribution >= 4 is 17.3 Å². The van der Waals surface area contributed by atoms with Crippen LogP contribution in [-0.2, 0) is 0 Å². The monoisotopic (exact) mass is 288 g/mol. The number of carbonyl (C=O) groups is 1. The molecule has 2 rings (SSSR count). The van der Waals surface area contributed by atoms with Crippen LogP contribution in [0.3, 0.4) is 0 Å². The lowest BCUT2D eigenvalue weighted by Gasteiger charge is -2.15. The number of hydrogen-bond acceptors (Lipinski definition) is 3. The number of halogens is 1. The quantitative estimate of drug-likeness (QED) is 0.852. The summed E-state index contributed by atoms with van der Waals surface area (Å²) >= 11 is 0. The number of nitrogen functional groups attached to an aromatic ring is 1. The van der Waals surface area contributed by atoms with Gasteiger partial charge >= 0.3 is 0 Å². The maximum absolute atomic E-state index is 13.9. The van der Waals surface area contributed by atoms with Crippen LogP contribution >= 0.6 is 0 Å². The third kappa shape index (κ3) is 2.81. The lowest BCUT2D eigenvalue weighted by atomic mass is 10.1. The Kier molecular flexibility index (Phi) is 4.12. The van der Waals surface area contributed by atoms with Crippen LogP contribution in [0, 0.1) is 19.7 Å². The molecule has 110 valence electrons. The number of nitrogens with one attached hydrogen (secondary N) is 1. The molecule has 0 aromatic heterocycles. The summed E-state index contributed by atoms with van der Waals surface area (Å²) in [5, 5.41) is 2.71. The molecule has 0 bridgehead atoms. The molecule has 0 aliphatic heterocycles. The number of amides is 1. The van der Waals surface area contributed by atoms with Crippen molar-refractivity contribution in [2.75, 3.05) is 18.2 Å². The maximum atomic E-state index is 13.9. The van der Waals surface area contributed by atoms with Crippen molar-refractivity contribution in [1.82, 2.24) is 0 Å². The van der Waals surface area contributed by atoms with Crippen molar-refractivity contribution in [3.05, 3.63) is 52.8 Å². The average molecular weight is 288 g/mol. The van der Waals surface area contributed by atoms with Crippen molar-refractivity contribution in [3.63, 3.8) is 0 Å². The highest BCUT2D eigenvalue weighted by atomic mass is 19.1. The van der Waals surface area contributed by atoms with Crippen LogP contribution in [0.25, 0.3) is 0 Å². The van der Waals surface area contributed by atoms with E-state index in [1.807, 2.05) is 6.92 Å². The number of ether oxygens (including phenoxy) is 1. The normalized spacial score (nSPS) is 10.3. The predicted molar refractivity (Wildman–Crippen MR) is 81.2 cm³/mol. The second-order valence-electron chi connectivity index (χ2n) is 4.74. The van der Waals surface area contributed by atoms with E-state index >= 15 is 0 Å². The summed E-state index contributed by atoms with van der Waals surface area (Å²) in [6, 6.07) is 7.82. The van der Waals surface area contributed by atoms with Gasteiger partial charge < -0.3 is 15.8 Å². The first-order valence-corrected chi connectivity index (χ1v) is 6.45. The van der Waals surface area contributed by atoms with Gasteiger partial charge in [-0.25, -0.2) is 4.39 Å². The Morgan fingerprint density at radius 1 is 1.24 bits per heavy atom. The van der Waals surface area contributed by atoms with E-state index in [-0.39, 0.29) is 11.3 Å². The minimum absolute atomic E-state index is 0.124. The van der Waals surface area contributed by atoms with E-state index in [9.17, 15) is 9.18 Å².